The first-order chi connectivity index (χ1) is 9.15. The Labute approximate surface area is 114 Å². The van der Waals surface area contributed by atoms with E-state index >= 15 is 0 Å². The third kappa shape index (κ3) is 4.05. The average Bonchev–Trinajstić information content (AvgIpc) is 2.89. The van der Waals surface area contributed by atoms with E-state index in [-0.39, 0.29) is 0 Å². The smallest absolute Gasteiger partial charge is 0.133 e. The predicted molar refractivity (Wildman–Crippen MR) is 76.0 cm³/mol. The van der Waals surface area contributed by atoms with E-state index in [1.807, 2.05) is 24.8 Å². The van der Waals surface area contributed by atoms with Gasteiger partial charge < -0.3 is 9.88 Å². The Kier molecular flexibility index (Phi) is 4.49. The van der Waals surface area contributed by atoms with Crippen molar-refractivity contribution in [2.24, 2.45) is 5.92 Å². The molecular formula is C14H21N5. The van der Waals surface area contributed by atoms with Gasteiger partial charge in [0, 0.05) is 37.6 Å². The first kappa shape index (κ1) is 13.5. The summed E-state index contributed by atoms with van der Waals surface area (Å²) in [6.45, 7) is 8.24. The maximum atomic E-state index is 4.50. The van der Waals surface area contributed by atoms with Gasteiger partial charge in [0.05, 0.1) is 6.33 Å². The van der Waals surface area contributed by atoms with Crippen LogP contribution in [0.25, 0.3) is 0 Å². The van der Waals surface area contributed by atoms with Crippen LogP contribution in [-0.2, 0) is 6.54 Å². The van der Waals surface area contributed by atoms with Crippen LogP contribution < -0.4 is 5.32 Å². The number of hydrogen-bond acceptors (Lipinski definition) is 4. The molecule has 0 saturated heterocycles. The van der Waals surface area contributed by atoms with Crippen molar-refractivity contribution in [3.8, 4) is 0 Å². The lowest BCUT2D eigenvalue weighted by atomic mass is 10.2. The topological polar surface area (TPSA) is 55.6 Å². The maximum absolute atomic E-state index is 4.50. The summed E-state index contributed by atoms with van der Waals surface area (Å²) in [6.07, 6.45) is 7.45. The van der Waals surface area contributed by atoms with E-state index < -0.39 is 0 Å². The van der Waals surface area contributed by atoms with Crippen molar-refractivity contribution in [2.75, 3.05) is 11.9 Å². The van der Waals surface area contributed by atoms with Crippen LogP contribution in [0, 0.1) is 5.92 Å². The zero-order valence-electron chi connectivity index (χ0n) is 11.7. The minimum Gasteiger partial charge on any atom is -0.370 e. The number of nitrogens with one attached hydrogen (secondary N) is 1. The summed E-state index contributed by atoms with van der Waals surface area (Å²) < 4.78 is 2.09. The van der Waals surface area contributed by atoms with Gasteiger partial charge in [-0.05, 0) is 12.0 Å². The lowest BCUT2D eigenvalue weighted by Crippen LogP contribution is -2.17. The van der Waals surface area contributed by atoms with Gasteiger partial charge in [-0.3, -0.25) is 0 Å². The Morgan fingerprint density at radius 2 is 2.11 bits per heavy atom. The SMILES string of the molecule is CC(CNc1ccnc(C(C)C)n1)Cn1ccnc1. The molecule has 0 aliphatic heterocycles. The fraction of sp³-hybridized carbons (Fsp3) is 0.500. The molecule has 19 heavy (non-hydrogen) atoms. The predicted octanol–water partition coefficient (Wildman–Crippen LogP) is 2.54. The highest BCUT2D eigenvalue weighted by atomic mass is 15.0. The second kappa shape index (κ2) is 6.31. The van der Waals surface area contributed by atoms with E-state index in [1.165, 1.54) is 0 Å². The van der Waals surface area contributed by atoms with Crippen LogP contribution in [0.5, 0.6) is 0 Å². The number of aromatic nitrogens is 4. The molecule has 0 aliphatic carbocycles. The lowest BCUT2D eigenvalue weighted by Gasteiger charge is -2.14. The van der Waals surface area contributed by atoms with Crippen LogP contribution in [0.4, 0.5) is 5.82 Å². The molecule has 1 N–H and O–H groups in total. The number of rotatable bonds is 6. The molecule has 1 atom stereocenters. The number of nitrogens with zero attached hydrogens (tertiary/aromatic N) is 4. The number of anilines is 1. The van der Waals surface area contributed by atoms with Crippen molar-refractivity contribution in [3.05, 3.63) is 36.8 Å². The van der Waals surface area contributed by atoms with Gasteiger partial charge >= 0.3 is 0 Å². The molecule has 0 amide bonds. The molecule has 0 bridgehead atoms. The summed E-state index contributed by atoms with van der Waals surface area (Å²) in [5.74, 6) is 2.64. The van der Waals surface area contributed by atoms with Crippen molar-refractivity contribution in [1.82, 2.24) is 19.5 Å². The zero-order valence-corrected chi connectivity index (χ0v) is 11.7. The van der Waals surface area contributed by atoms with Gasteiger partial charge in [0.2, 0.25) is 0 Å². The molecular weight excluding hydrogens is 238 g/mol. The molecule has 0 aliphatic rings. The molecule has 0 saturated carbocycles. The van der Waals surface area contributed by atoms with E-state index in [1.54, 1.807) is 6.20 Å². The highest BCUT2D eigenvalue weighted by molar-refractivity contribution is 5.33. The molecule has 5 heteroatoms. The van der Waals surface area contributed by atoms with E-state index in [9.17, 15) is 0 Å². The van der Waals surface area contributed by atoms with Crippen molar-refractivity contribution in [1.29, 1.82) is 0 Å². The van der Waals surface area contributed by atoms with Gasteiger partial charge in [0.15, 0.2) is 0 Å². The minimum absolute atomic E-state index is 0.352. The molecule has 2 aromatic heterocycles. The standard InChI is InChI=1S/C14H21N5/c1-11(2)14-16-5-4-13(18-14)17-8-12(3)9-19-7-6-15-10-19/h4-7,10-12H,8-9H2,1-3H3,(H,16,17,18). The van der Waals surface area contributed by atoms with Gasteiger partial charge in [-0.1, -0.05) is 20.8 Å². The fourth-order valence-electron chi connectivity index (χ4n) is 1.85. The van der Waals surface area contributed by atoms with Crippen LogP contribution in [0.15, 0.2) is 31.0 Å². The molecule has 0 radical (unpaired) electrons. The zero-order chi connectivity index (χ0) is 13.7. The Morgan fingerprint density at radius 3 is 2.79 bits per heavy atom. The van der Waals surface area contributed by atoms with Gasteiger partial charge in [-0.2, -0.15) is 0 Å². The van der Waals surface area contributed by atoms with Crippen LogP contribution in [-0.4, -0.2) is 26.1 Å². The van der Waals surface area contributed by atoms with Crippen molar-refractivity contribution in [3.63, 3.8) is 0 Å². The number of imidazole rings is 1. The van der Waals surface area contributed by atoms with Crippen LogP contribution in [0.2, 0.25) is 0 Å². The summed E-state index contributed by atoms with van der Waals surface area (Å²) in [6, 6.07) is 1.91. The molecule has 0 aromatic carbocycles. The normalized spacial score (nSPS) is 12.6. The second-order valence-electron chi connectivity index (χ2n) is 5.20. The Morgan fingerprint density at radius 1 is 1.26 bits per heavy atom. The summed E-state index contributed by atoms with van der Waals surface area (Å²) in [5, 5.41) is 3.37. The van der Waals surface area contributed by atoms with Gasteiger partial charge in [-0.15, -0.1) is 0 Å². The number of hydrogen-bond donors (Lipinski definition) is 1. The minimum atomic E-state index is 0.352. The first-order valence-corrected chi connectivity index (χ1v) is 6.67. The third-order valence-corrected chi connectivity index (χ3v) is 2.90. The highest BCUT2D eigenvalue weighted by Gasteiger charge is 2.06. The summed E-state index contributed by atoms with van der Waals surface area (Å²) in [5.41, 5.74) is 0. The molecule has 2 aromatic rings. The summed E-state index contributed by atoms with van der Waals surface area (Å²) in [7, 11) is 0. The quantitative estimate of drug-likeness (QED) is 0.866. The molecule has 2 rings (SSSR count). The molecule has 102 valence electrons. The monoisotopic (exact) mass is 259 g/mol. The van der Waals surface area contributed by atoms with Gasteiger partial charge in [0.25, 0.3) is 0 Å². The molecule has 2 heterocycles. The Hall–Kier alpha value is -1.91. The van der Waals surface area contributed by atoms with Gasteiger partial charge in [-0.25, -0.2) is 15.0 Å². The van der Waals surface area contributed by atoms with E-state index in [4.69, 9.17) is 0 Å². The third-order valence-electron chi connectivity index (χ3n) is 2.90. The lowest BCUT2D eigenvalue weighted by molar-refractivity contribution is 0.502. The van der Waals surface area contributed by atoms with Crippen LogP contribution in [0.1, 0.15) is 32.5 Å². The van der Waals surface area contributed by atoms with Gasteiger partial charge in [0.1, 0.15) is 11.6 Å². The summed E-state index contributed by atoms with van der Waals surface area (Å²) >= 11 is 0. The second-order valence-corrected chi connectivity index (χ2v) is 5.20. The molecule has 5 nitrogen and oxygen atoms in total. The highest BCUT2D eigenvalue weighted by Crippen LogP contribution is 2.11. The van der Waals surface area contributed by atoms with E-state index in [0.29, 0.717) is 11.8 Å². The van der Waals surface area contributed by atoms with Crippen molar-refractivity contribution < 1.29 is 0 Å². The Bertz CT molecular complexity index is 492. The summed E-state index contributed by atoms with van der Waals surface area (Å²) in [4.78, 5) is 12.8. The van der Waals surface area contributed by atoms with Crippen LogP contribution >= 0.6 is 0 Å². The van der Waals surface area contributed by atoms with Crippen molar-refractivity contribution in [2.45, 2.75) is 33.2 Å². The first-order valence-electron chi connectivity index (χ1n) is 6.67. The average molecular weight is 259 g/mol. The van der Waals surface area contributed by atoms with Crippen molar-refractivity contribution >= 4 is 5.82 Å². The van der Waals surface area contributed by atoms with E-state index in [0.717, 1.165) is 24.7 Å². The van der Waals surface area contributed by atoms with Crippen LogP contribution in [0.3, 0.4) is 0 Å². The molecule has 1 unspecified atom stereocenters. The maximum Gasteiger partial charge on any atom is 0.133 e. The fourth-order valence-corrected chi connectivity index (χ4v) is 1.85. The van der Waals surface area contributed by atoms with E-state index in [2.05, 4.69) is 45.6 Å². The molecule has 0 fully saturated rings. The largest absolute Gasteiger partial charge is 0.370 e. The molecule has 0 spiro atoms. The Balaban J connectivity index is 1.86.